The molecule has 0 atom stereocenters. The third-order valence-corrected chi connectivity index (χ3v) is 3.76. The van der Waals surface area contributed by atoms with Gasteiger partial charge < -0.3 is 0 Å². The van der Waals surface area contributed by atoms with Gasteiger partial charge in [-0.3, -0.25) is 0 Å². The number of hydrogen-bond donors (Lipinski definition) is 1. The summed E-state index contributed by atoms with van der Waals surface area (Å²) in [5.74, 6) is 0.694. The first-order valence-corrected chi connectivity index (χ1v) is 6.48. The van der Waals surface area contributed by atoms with E-state index in [0.29, 0.717) is 5.92 Å². The Morgan fingerprint density at radius 3 is 2.58 bits per heavy atom. The van der Waals surface area contributed by atoms with Gasteiger partial charge >= 0.3 is 5.69 Å². The normalized spacial score (nSPS) is 14.9. The quantitative estimate of drug-likeness (QED) is 0.761. The van der Waals surface area contributed by atoms with Gasteiger partial charge in [0, 0.05) is 5.39 Å². The Morgan fingerprint density at radius 1 is 1.11 bits per heavy atom. The number of nitrogens with zero attached hydrogens (tertiary/aromatic N) is 2. The Bertz CT molecular complexity index is 811. The second-order valence-electron chi connectivity index (χ2n) is 5.03. The maximum absolute atomic E-state index is 11.7. The Morgan fingerprint density at radius 2 is 1.89 bits per heavy atom. The smallest absolute Gasteiger partial charge is 0.249 e. The molecule has 19 heavy (non-hydrogen) atoms. The summed E-state index contributed by atoms with van der Waals surface area (Å²) in [4.78, 5) is 11.7. The largest absolute Gasteiger partial charge is 0.347 e. The highest BCUT2D eigenvalue weighted by atomic mass is 16.1. The third kappa shape index (κ3) is 1.60. The SMILES string of the molecule is O=c1[nH]ncn1-c1ccc(C2CC2)c2ccccc12. The molecule has 1 aliphatic carbocycles. The fourth-order valence-electron chi connectivity index (χ4n) is 2.69. The minimum absolute atomic E-state index is 0.204. The molecule has 0 radical (unpaired) electrons. The molecule has 4 heteroatoms. The number of aromatic nitrogens is 3. The summed E-state index contributed by atoms with van der Waals surface area (Å²) in [6.07, 6.45) is 4.07. The fourth-order valence-corrected chi connectivity index (χ4v) is 2.69. The van der Waals surface area contributed by atoms with Gasteiger partial charge in [0.1, 0.15) is 6.33 Å². The monoisotopic (exact) mass is 251 g/mol. The first kappa shape index (κ1) is 10.6. The second kappa shape index (κ2) is 3.82. The van der Waals surface area contributed by atoms with Gasteiger partial charge in [0.05, 0.1) is 5.69 Å². The lowest BCUT2D eigenvalue weighted by Crippen LogP contribution is -2.14. The van der Waals surface area contributed by atoms with Crippen LogP contribution in [0.5, 0.6) is 0 Å². The van der Waals surface area contributed by atoms with Crippen LogP contribution in [0.4, 0.5) is 0 Å². The summed E-state index contributed by atoms with van der Waals surface area (Å²) in [6, 6.07) is 12.4. The van der Waals surface area contributed by atoms with Crippen molar-refractivity contribution in [1.29, 1.82) is 0 Å². The molecule has 2 aromatic carbocycles. The van der Waals surface area contributed by atoms with Crippen molar-refractivity contribution in [2.75, 3.05) is 0 Å². The van der Waals surface area contributed by atoms with Crippen LogP contribution in [0.25, 0.3) is 16.5 Å². The molecule has 0 bridgehead atoms. The van der Waals surface area contributed by atoms with E-state index in [9.17, 15) is 4.79 Å². The van der Waals surface area contributed by atoms with Crippen molar-refractivity contribution in [1.82, 2.24) is 14.8 Å². The van der Waals surface area contributed by atoms with Crippen molar-refractivity contribution in [3.63, 3.8) is 0 Å². The second-order valence-corrected chi connectivity index (χ2v) is 5.03. The molecule has 0 saturated heterocycles. The zero-order chi connectivity index (χ0) is 12.8. The predicted molar refractivity (Wildman–Crippen MR) is 73.7 cm³/mol. The van der Waals surface area contributed by atoms with Crippen LogP contribution in [0.2, 0.25) is 0 Å². The van der Waals surface area contributed by atoms with E-state index in [1.807, 2.05) is 12.1 Å². The molecular formula is C15H13N3O. The third-order valence-electron chi connectivity index (χ3n) is 3.76. The highest BCUT2D eigenvalue weighted by molar-refractivity contribution is 5.93. The van der Waals surface area contributed by atoms with E-state index >= 15 is 0 Å². The number of hydrogen-bond acceptors (Lipinski definition) is 2. The van der Waals surface area contributed by atoms with E-state index in [2.05, 4.69) is 34.5 Å². The summed E-state index contributed by atoms with van der Waals surface area (Å²) in [5.41, 5.74) is 2.08. The summed E-state index contributed by atoms with van der Waals surface area (Å²) in [5, 5.41) is 8.59. The van der Waals surface area contributed by atoms with Crippen molar-refractivity contribution < 1.29 is 0 Å². The lowest BCUT2D eigenvalue weighted by atomic mass is 9.99. The van der Waals surface area contributed by atoms with Crippen LogP contribution in [-0.4, -0.2) is 14.8 Å². The van der Waals surface area contributed by atoms with E-state index < -0.39 is 0 Å². The van der Waals surface area contributed by atoms with E-state index in [1.165, 1.54) is 30.1 Å². The number of rotatable bonds is 2. The van der Waals surface area contributed by atoms with Crippen LogP contribution in [0.3, 0.4) is 0 Å². The molecular weight excluding hydrogens is 238 g/mol. The molecule has 1 aliphatic rings. The van der Waals surface area contributed by atoms with E-state index in [4.69, 9.17) is 0 Å². The van der Waals surface area contributed by atoms with Gasteiger partial charge in [0.2, 0.25) is 0 Å². The van der Waals surface area contributed by atoms with E-state index in [-0.39, 0.29) is 5.69 Å². The number of H-pyrrole nitrogens is 1. The molecule has 1 aromatic heterocycles. The van der Waals surface area contributed by atoms with Gasteiger partial charge in [0.15, 0.2) is 0 Å². The summed E-state index contributed by atoms with van der Waals surface area (Å²) in [6.45, 7) is 0. The van der Waals surface area contributed by atoms with Gasteiger partial charge in [-0.25, -0.2) is 14.5 Å². The zero-order valence-electron chi connectivity index (χ0n) is 10.3. The first-order chi connectivity index (χ1) is 9.34. The summed E-state index contributed by atoms with van der Waals surface area (Å²) >= 11 is 0. The number of aromatic amines is 1. The molecule has 1 saturated carbocycles. The maximum Gasteiger partial charge on any atom is 0.347 e. The minimum Gasteiger partial charge on any atom is -0.249 e. The van der Waals surface area contributed by atoms with Crippen LogP contribution in [0.15, 0.2) is 47.5 Å². The number of nitrogens with one attached hydrogen (secondary N) is 1. The van der Waals surface area contributed by atoms with Crippen LogP contribution in [0, 0.1) is 0 Å². The Balaban J connectivity index is 2.05. The molecule has 1 fully saturated rings. The lowest BCUT2D eigenvalue weighted by Gasteiger charge is -2.10. The molecule has 1 heterocycles. The molecule has 4 nitrogen and oxygen atoms in total. The number of fused-ring (bicyclic) bond motifs is 1. The van der Waals surface area contributed by atoms with Crippen LogP contribution < -0.4 is 5.69 Å². The molecule has 94 valence electrons. The van der Waals surface area contributed by atoms with Crippen molar-refractivity contribution in [2.24, 2.45) is 0 Å². The molecule has 0 amide bonds. The Hall–Kier alpha value is -2.36. The van der Waals surface area contributed by atoms with Crippen molar-refractivity contribution in [2.45, 2.75) is 18.8 Å². The average molecular weight is 251 g/mol. The zero-order valence-corrected chi connectivity index (χ0v) is 10.3. The highest BCUT2D eigenvalue weighted by Gasteiger charge is 2.25. The molecule has 4 rings (SSSR count). The van der Waals surface area contributed by atoms with Gasteiger partial charge in [-0.15, -0.1) is 0 Å². The molecule has 3 aromatic rings. The van der Waals surface area contributed by atoms with Gasteiger partial charge in [-0.05, 0) is 35.8 Å². The highest BCUT2D eigenvalue weighted by Crippen LogP contribution is 2.43. The Labute approximate surface area is 109 Å². The molecule has 1 N–H and O–H groups in total. The number of benzene rings is 2. The van der Waals surface area contributed by atoms with Crippen LogP contribution in [-0.2, 0) is 0 Å². The molecule has 0 aliphatic heterocycles. The molecule has 0 unspecified atom stereocenters. The fraction of sp³-hybridized carbons (Fsp3) is 0.200. The van der Waals surface area contributed by atoms with Crippen molar-refractivity contribution in [3.8, 4) is 5.69 Å². The van der Waals surface area contributed by atoms with E-state index in [1.54, 1.807) is 4.57 Å². The van der Waals surface area contributed by atoms with Crippen LogP contribution in [0.1, 0.15) is 24.3 Å². The van der Waals surface area contributed by atoms with Crippen molar-refractivity contribution in [3.05, 3.63) is 58.8 Å². The minimum atomic E-state index is -0.204. The standard InChI is InChI=1S/C15H13N3O/c19-15-17-16-9-18(15)14-8-7-11(10-5-6-10)12-3-1-2-4-13(12)14/h1-4,7-10H,5-6H2,(H,17,19). The van der Waals surface area contributed by atoms with Crippen molar-refractivity contribution >= 4 is 10.8 Å². The predicted octanol–water partition coefficient (Wildman–Crippen LogP) is 2.59. The Kier molecular flexibility index (Phi) is 2.12. The molecule has 0 spiro atoms. The maximum atomic E-state index is 11.7. The van der Waals surface area contributed by atoms with Gasteiger partial charge in [-0.2, -0.15) is 5.10 Å². The summed E-state index contributed by atoms with van der Waals surface area (Å²) in [7, 11) is 0. The van der Waals surface area contributed by atoms with Gasteiger partial charge in [0.25, 0.3) is 0 Å². The van der Waals surface area contributed by atoms with E-state index in [0.717, 1.165) is 11.1 Å². The average Bonchev–Trinajstić information content (AvgIpc) is 3.20. The van der Waals surface area contributed by atoms with Gasteiger partial charge in [-0.1, -0.05) is 30.3 Å². The lowest BCUT2D eigenvalue weighted by molar-refractivity contribution is 0.988. The van der Waals surface area contributed by atoms with Crippen LogP contribution >= 0.6 is 0 Å². The topological polar surface area (TPSA) is 50.7 Å². The summed E-state index contributed by atoms with van der Waals surface area (Å²) < 4.78 is 1.55. The first-order valence-electron chi connectivity index (χ1n) is 6.48.